The van der Waals surface area contributed by atoms with E-state index >= 15 is 0 Å². The van der Waals surface area contributed by atoms with Gasteiger partial charge in [0.05, 0.1) is 5.69 Å². The molecule has 0 radical (unpaired) electrons. The van der Waals surface area contributed by atoms with Crippen LogP contribution in [0.2, 0.25) is 0 Å². The highest BCUT2D eigenvalue weighted by molar-refractivity contribution is 5.40. The van der Waals surface area contributed by atoms with Gasteiger partial charge in [0, 0.05) is 17.8 Å². The Labute approximate surface area is 93.2 Å². The van der Waals surface area contributed by atoms with Crippen molar-refractivity contribution in [2.45, 2.75) is 13.3 Å². The first-order chi connectivity index (χ1) is 7.63. The van der Waals surface area contributed by atoms with Crippen LogP contribution in [0.5, 0.6) is 0 Å². The predicted molar refractivity (Wildman–Crippen MR) is 63.3 cm³/mol. The zero-order valence-electron chi connectivity index (χ0n) is 9.03. The molecule has 0 spiro atoms. The maximum atomic E-state index is 11.2. The summed E-state index contributed by atoms with van der Waals surface area (Å²) in [4.78, 5) is 17.7. The van der Waals surface area contributed by atoms with Crippen molar-refractivity contribution in [3.63, 3.8) is 0 Å². The fourth-order valence-electron chi connectivity index (χ4n) is 1.58. The molecule has 0 bridgehead atoms. The average Bonchev–Trinajstić information content (AvgIpc) is 2.20. The predicted octanol–water partition coefficient (Wildman–Crippen LogP) is 1.25. The first-order valence-electron chi connectivity index (χ1n) is 5.05. The van der Waals surface area contributed by atoms with Gasteiger partial charge in [-0.2, -0.15) is 4.98 Å². The van der Waals surface area contributed by atoms with E-state index in [2.05, 4.69) is 9.97 Å². The molecule has 82 valence electrons. The highest BCUT2D eigenvalue weighted by Gasteiger charge is 2.00. The van der Waals surface area contributed by atoms with Crippen LogP contribution in [0.3, 0.4) is 0 Å². The Morgan fingerprint density at radius 1 is 1.31 bits per heavy atom. The number of benzene rings is 1. The van der Waals surface area contributed by atoms with Crippen molar-refractivity contribution < 1.29 is 0 Å². The highest BCUT2D eigenvalue weighted by Crippen LogP contribution is 2.09. The number of H-pyrrole nitrogens is 1. The molecule has 0 saturated heterocycles. The van der Waals surface area contributed by atoms with Crippen molar-refractivity contribution in [1.29, 1.82) is 0 Å². The van der Waals surface area contributed by atoms with Crippen molar-refractivity contribution in [2.75, 3.05) is 5.73 Å². The van der Waals surface area contributed by atoms with Gasteiger partial charge >= 0.3 is 5.69 Å². The van der Waals surface area contributed by atoms with Gasteiger partial charge in [-0.3, -0.25) is 0 Å². The third-order valence-corrected chi connectivity index (χ3v) is 2.30. The van der Waals surface area contributed by atoms with Crippen LogP contribution in [-0.4, -0.2) is 9.97 Å². The third kappa shape index (κ3) is 2.48. The standard InChI is InChI=1S/C12H13N3O/c1-8-6-11(15-12(16)14-8)7-9-2-4-10(13)5-3-9/h2-6H,7,13H2,1H3,(H,14,15,16). The van der Waals surface area contributed by atoms with E-state index in [1.54, 1.807) is 0 Å². The Hall–Kier alpha value is -2.10. The van der Waals surface area contributed by atoms with Crippen LogP contribution in [0.15, 0.2) is 35.1 Å². The molecule has 16 heavy (non-hydrogen) atoms. The molecule has 0 amide bonds. The topological polar surface area (TPSA) is 71.8 Å². The lowest BCUT2D eigenvalue weighted by molar-refractivity contribution is 0.949. The second-order valence-electron chi connectivity index (χ2n) is 3.78. The molecule has 1 aromatic heterocycles. The van der Waals surface area contributed by atoms with E-state index in [0.717, 1.165) is 22.6 Å². The molecule has 0 aliphatic carbocycles. The number of nitrogens with two attached hydrogens (primary N) is 1. The van der Waals surface area contributed by atoms with Gasteiger partial charge < -0.3 is 10.7 Å². The van der Waals surface area contributed by atoms with Gasteiger partial charge in [-0.25, -0.2) is 4.79 Å². The number of nitrogens with one attached hydrogen (secondary N) is 1. The first-order valence-corrected chi connectivity index (χ1v) is 5.05. The number of nitrogen functional groups attached to an aromatic ring is 1. The Bertz CT molecular complexity index is 543. The fraction of sp³-hybridized carbons (Fsp3) is 0.167. The summed E-state index contributed by atoms with van der Waals surface area (Å²) in [6.07, 6.45) is 0.644. The van der Waals surface area contributed by atoms with E-state index in [9.17, 15) is 4.79 Å². The maximum Gasteiger partial charge on any atom is 0.345 e. The summed E-state index contributed by atoms with van der Waals surface area (Å²) in [7, 11) is 0. The summed E-state index contributed by atoms with van der Waals surface area (Å²) in [6.45, 7) is 1.84. The van der Waals surface area contributed by atoms with E-state index in [4.69, 9.17) is 5.73 Å². The monoisotopic (exact) mass is 215 g/mol. The zero-order valence-corrected chi connectivity index (χ0v) is 9.03. The number of rotatable bonds is 2. The molecule has 0 saturated carbocycles. The minimum atomic E-state index is -0.301. The van der Waals surface area contributed by atoms with Crippen molar-refractivity contribution in [3.8, 4) is 0 Å². The molecule has 0 fully saturated rings. The van der Waals surface area contributed by atoms with E-state index in [1.165, 1.54) is 0 Å². The second kappa shape index (κ2) is 4.18. The van der Waals surface area contributed by atoms with E-state index in [-0.39, 0.29) is 5.69 Å². The number of aromatic nitrogens is 2. The molecule has 4 nitrogen and oxygen atoms in total. The van der Waals surface area contributed by atoms with Crippen LogP contribution in [0, 0.1) is 6.92 Å². The summed E-state index contributed by atoms with van der Waals surface area (Å²) in [5.41, 5.74) is 8.72. The van der Waals surface area contributed by atoms with E-state index in [1.807, 2.05) is 37.3 Å². The number of nitrogens with zero attached hydrogens (tertiary/aromatic N) is 1. The average molecular weight is 215 g/mol. The van der Waals surface area contributed by atoms with Gasteiger partial charge in [0.25, 0.3) is 0 Å². The molecule has 2 aromatic rings. The lowest BCUT2D eigenvalue weighted by atomic mass is 10.1. The molecule has 0 aliphatic rings. The lowest BCUT2D eigenvalue weighted by Gasteiger charge is -2.02. The van der Waals surface area contributed by atoms with E-state index in [0.29, 0.717) is 6.42 Å². The summed E-state index contributed by atoms with van der Waals surface area (Å²) < 4.78 is 0. The van der Waals surface area contributed by atoms with Gasteiger partial charge in [-0.15, -0.1) is 0 Å². The molecule has 1 aromatic carbocycles. The third-order valence-electron chi connectivity index (χ3n) is 2.30. The largest absolute Gasteiger partial charge is 0.399 e. The quantitative estimate of drug-likeness (QED) is 0.740. The summed E-state index contributed by atoms with van der Waals surface area (Å²) in [5.74, 6) is 0. The number of aryl methyl sites for hydroxylation is 1. The van der Waals surface area contributed by atoms with Crippen LogP contribution in [0.4, 0.5) is 5.69 Å². The molecule has 0 atom stereocenters. The molecular formula is C12H13N3O. The number of hydrogen-bond donors (Lipinski definition) is 2. The number of hydrogen-bond acceptors (Lipinski definition) is 3. The first kappa shape index (κ1) is 10.4. The van der Waals surface area contributed by atoms with Crippen molar-refractivity contribution >= 4 is 5.69 Å². The molecule has 1 heterocycles. The van der Waals surface area contributed by atoms with Gasteiger partial charge in [-0.05, 0) is 30.7 Å². The van der Waals surface area contributed by atoms with Crippen LogP contribution in [0.1, 0.15) is 17.0 Å². The van der Waals surface area contributed by atoms with E-state index < -0.39 is 0 Å². The lowest BCUT2D eigenvalue weighted by Crippen LogP contribution is -2.13. The minimum Gasteiger partial charge on any atom is -0.399 e. The van der Waals surface area contributed by atoms with Gasteiger partial charge in [0.15, 0.2) is 0 Å². The summed E-state index contributed by atoms with van der Waals surface area (Å²) in [5, 5.41) is 0. The number of aromatic amines is 1. The number of anilines is 1. The van der Waals surface area contributed by atoms with Crippen LogP contribution < -0.4 is 11.4 Å². The summed E-state index contributed by atoms with van der Waals surface area (Å²) in [6, 6.07) is 9.43. The zero-order chi connectivity index (χ0) is 11.5. The Morgan fingerprint density at radius 3 is 2.62 bits per heavy atom. The van der Waals surface area contributed by atoms with Crippen molar-refractivity contribution in [3.05, 3.63) is 57.8 Å². The molecule has 3 N–H and O–H groups in total. The maximum absolute atomic E-state index is 11.2. The molecule has 0 unspecified atom stereocenters. The van der Waals surface area contributed by atoms with Crippen LogP contribution in [0.25, 0.3) is 0 Å². The van der Waals surface area contributed by atoms with Gasteiger partial charge in [0.1, 0.15) is 0 Å². The molecule has 0 aliphatic heterocycles. The fourth-order valence-corrected chi connectivity index (χ4v) is 1.58. The van der Waals surface area contributed by atoms with Crippen molar-refractivity contribution in [2.24, 2.45) is 0 Å². The Kier molecular flexibility index (Phi) is 2.72. The highest BCUT2D eigenvalue weighted by atomic mass is 16.1. The van der Waals surface area contributed by atoms with Crippen molar-refractivity contribution in [1.82, 2.24) is 9.97 Å². The molecule has 4 heteroatoms. The minimum absolute atomic E-state index is 0.301. The summed E-state index contributed by atoms with van der Waals surface area (Å²) >= 11 is 0. The van der Waals surface area contributed by atoms with Crippen LogP contribution >= 0.6 is 0 Å². The van der Waals surface area contributed by atoms with Gasteiger partial charge in [-0.1, -0.05) is 12.1 Å². The normalized spacial score (nSPS) is 10.3. The molecule has 2 rings (SSSR count). The smallest absolute Gasteiger partial charge is 0.345 e. The second-order valence-corrected chi connectivity index (χ2v) is 3.78. The molecular weight excluding hydrogens is 202 g/mol. The van der Waals surface area contributed by atoms with Gasteiger partial charge in [0.2, 0.25) is 0 Å². The Morgan fingerprint density at radius 2 is 2.00 bits per heavy atom. The van der Waals surface area contributed by atoms with Crippen LogP contribution in [-0.2, 0) is 6.42 Å². The Balaban J connectivity index is 2.26. The SMILES string of the molecule is Cc1cc(Cc2ccc(N)cc2)nc(=O)[nH]1.